The van der Waals surface area contributed by atoms with Gasteiger partial charge in [-0.25, -0.2) is 9.78 Å². The summed E-state index contributed by atoms with van der Waals surface area (Å²) >= 11 is 1.42. The van der Waals surface area contributed by atoms with Crippen molar-refractivity contribution in [2.24, 2.45) is 11.8 Å². The molecular formula is C30H33N5O4S. The molecule has 1 unspecified atom stereocenters. The molecule has 1 aliphatic heterocycles. The minimum atomic E-state index is -0.928. The molecule has 2 saturated carbocycles. The summed E-state index contributed by atoms with van der Waals surface area (Å²) < 4.78 is 0. The second kappa shape index (κ2) is 11.0. The van der Waals surface area contributed by atoms with Gasteiger partial charge in [0.1, 0.15) is 0 Å². The fraction of sp³-hybridized carbons (Fsp3) is 0.433. The molecule has 0 bridgehead atoms. The molecule has 1 aromatic carbocycles. The maximum absolute atomic E-state index is 13.9. The number of urea groups is 1. The minimum Gasteiger partial charge on any atom is -0.481 e. The van der Waals surface area contributed by atoms with E-state index in [0.717, 1.165) is 66.6 Å². The van der Waals surface area contributed by atoms with E-state index in [1.54, 1.807) is 16.8 Å². The van der Waals surface area contributed by atoms with Gasteiger partial charge in [-0.05, 0) is 36.8 Å². The molecule has 208 valence electrons. The minimum absolute atomic E-state index is 0.0770. The lowest BCUT2D eigenvalue weighted by molar-refractivity contribution is -0.141. The number of carboxylic acid groups (broad SMARTS) is 1. The Kier molecular flexibility index (Phi) is 7.27. The predicted octanol–water partition coefficient (Wildman–Crippen LogP) is 6.02. The van der Waals surface area contributed by atoms with Crippen LogP contribution in [0.25, 0.3) is 22.4 Å². The van der Waals surface area contributed by atoms with Crippen LogP contribution in [-0.4, -0.2) is 51.0 Å². The molecule has 3 heterocycles. The standard InChI is InChI=1S/C30H33N5O4S/c1-34-16-25-24(32-29(34)39)13-20(15-31-25)22-8-4-5-9-23(22)26-17-40-30(33-26)35(21-10-11-21)28(38)19(14-27(36)37)12-18-6-2-3-7-18/h4-5,8-9,13,15,17-19,21H,2-3,6-7,10-12,14,16H2,1H3,(H,32,39)(H,36,37). The summed E-state index contributed by atoms with van der Waals surface area (Å²) in [4.78, 5) is 50.7. The van der Waals surface area contributed by atoms with E-state index in [0.29, 0.717) is 29.7 Å². The third-order valence-electron chi connectivity index (χ3n) is 8.17. The summed E-state index contributed by atoms with van der Waals surface area (Å²) in [7, 11) is 1.73. The zero-order valence-electron chi connectivity index (χ0n) is 22.5. The molecule has 0 radical (unpaired) electrons. The first-order valence-electron chi connectivity index (χ1n) is 14.0. The number of benzene rings is 1. The lowest BCUT2D eigenvalue weighted by Crippen LogP contribution is -2.39. The Balaban J connectivity index is 1.29. The molecule has 2 fully saturated rings. The molecule has 9 nitrogen and oxygen atoms in total. The summed E-state index contributed by atoms with van der Waals surface area (Å²) in [5.41, 5.74) is 4.96. The van der Waals surface area contributed by atoms with Gasteiger partial charge in [-0.2, -0.15) is 0 Å². The van der Waals surface area contributed by atoms with Crippen LogP contribution in [0.5, 0.6) is 0 Å². The van der Waals surface area contributed by atoms with Crippen LogP contribution < -0.4 is 10.2 Å². The van der Waals surface area contributed by atoms with E-state index in [1.807, 2.05) is 41.9 Å². The van der Waals surface area contributed by atoms with Crippen LogP contribution >= 0.6 is 11.3 Å². The van der Waals surface area contributed by atoms with Gasteiger partial charge in [-0.15, -0.1) is 11.3 Å². The van der Waals surface area contributed by atoms with Crippen molar-refractivity contribution in [3.05, 3.63) is 47.6 Å². The molecule has 10 heteroatoms. The fourth-order valence-electron chi connectivity index (χ4n) is 5.93. The Hall–Kier alpha value is -3.79. The summed E-state index contributed by atoms with van der Waals surface area (Å²) in [6.07, 6.45) is 8.57. The van der Waals surface area contributed by atoms with Crippen molar-refractivity contribution in [1.29, 1.82) is 0 Å². The average Bonchev–Trinajstić information content (AvgIpc) is 3.41. The molecular weight excluding hydrogens is 526 g/mol. The van der Waals surface area contributed by atoms with E-state index >= 15 is 0 Å². The highest BCUT2D eigenvalue weighted by Gasteiger charge is 2.40. The first kappa shape index (κ1) is 26.4. The molecule has 40 heavy (non-hydrogen) atoms. The Labute approximate surface area is 237 Å². The number of fused-ring (bicyclic) bond motifs is 1. The number of aromatic nitrogens is 2. The summed E-state index contributed by atoms with van der Waals surface area (Å²) in [6.45, 7) is 0.452. The van der Waals surface area contributed by atoms with Gasteiger partial charge in [0.15, 0.2) is 5.13 Å². The SMILES string of the molecule is CN1Cc2ncc(-c3ccccc3-c3csc(N(C(=O)C(CC(=O)O)CC4CCCC4)C4CC4)n3)cc2NC1=O. The number of aliphatic carboxylic acids is 1. The predicted molar refractivity (Wildman–Crippen MR) is 154 cm³/mol. The monoisotopic (exact) mass is 559 g/mol. The van der Waals surface area contributed by atoms with Gasteiger partial charge in [-0.1, -0.05) is 49.9 Å². The number of pyridine rings is 1. The number of hydrogen-bond acceptors (Lipinski definition) is 6. The van der Waals surface area contributed by atoms with Crippen LogP contribution in [0.15, 0.2) is 41.9 Å². The van der Waals surface area contributed by atoms with Gasteiger partial charge in [-0.3, -0.25) is 19.5 Å². The highest BCUT2D eigenvalue weighted by molar-refractivity contribution is 7.14. The van der Waals surface area contributed by atoms with Crippen LogP contribution in [-0.2, 0) is 16.1 Å². The van der Waals surface area contributed by atoms with Crippen molar-refractivity contribution < 1.29 is 19.5 Å². The van der Waals surface area contributed by atoms with Gasteiger partial charge in [0, 0.05) is 41.7 Å². The maximum Gasteiger partial charge on any atom is 0.321 e. The van der Waals surface area contributed by atoms with E-state index in [1.165, 1.54) is 11.3 Å². The zero-order chi connectivity index (χ0) is 27.8. The van der Waals surface area contributed by atoms with Crippen LogP contribution in [0, 0.1) is 11.8 Å². The Bertz CT molecular complexity index is 1450. The van der Waals surface area contributed by atoms with Crippen molar-refractivity contribution in [1.82, 2.24) is 14.9 Å². The number of thiazole rings is 1. The average molecular weight is 560 g/mol. The smallest absolute Gasteiger partial charge is 0.321 e. The van der Waals surface area contributed by atoms with Crippen LogP contribution in [0.3, 0.4) is 0 Å². The number of carbonyl (C=O) groups excluding carboxylic acids is 2. The second-order valence-electron chi connectivity index (χ2n) is 11.2. The summed E-state index contributed by atoms with van der Waals surface area (Å²) in [6, 6.07) is 9.76. The molecule has 3 aromatic rings. The lowest BCUT2D eigenvalue weighted by Gasteiger charge is -2.26. The van der Waals surface area contributed by atoms with E-state index in [2.05, 4.69) is 10.3 Å². The number of anilines is 2. The third-order valence-corrected chi connectivity index (χ3v) is 9.01. The van der Waals surface area contributed by atoms with Crippen molar-refractivity contribution in [2.75, 3.05) is 17.3 Å². The number of carbonyl (C=O) groups is 3. The van der Waals surface area contributed by atoms with Crippen LogP contribution in [0.2, 0.25) is 0 Å². The number of hydrogen-bond donors (Lipinski definition) is 2. The quantitative estimate of drug-likeness (QED) is 0.331. The first-order valence-corrected chi connectivity index (χ1v) is 14.9. The normalized spacial score (nSPS) is 17.8. The summed E-state index contributed by atoms with van der Waals surface area (Å²) in [5.74, 6) is -1.15. The fourth-order valence-corrected chi connectivity index (χ4v) is 6.83. The largest absolute Gasteiger partial charge is 0.481 e. The highest BCUT2D eigenvalue weighted by Crippen LogP contribution is 2.41. The summed E-state index contributed by atoms with van der Waals surface area (Å²) in [5, 5.41) is 15.1. The molecule has 3 amide bonds. The molecule has 0 saturated heterocycles. The van der Waals surface area contributed by atoms with Crippen molar-refractivity contribution >= 4 is 40.1 Å². The number of rotatable bonds is 9. The molecule has 3 aliphatic rings. The van der Waals surface area contributed by atoms with E-state index in [9.17, 15) is 19.5 Å². The molecule has 2 aliphatic carbocycles. The molecule has 6 rings (SSSR count). The molecule has 1 atom stereocenters. The Morgan fingerprint density at radius 2 is 1.93 bits per heavy atom. The lowest BCUT2D eigenvalue weighted by atomic mass is 9.90. The number of nitrogens with zero attached hydrogens (tertiary/aromatic N) is 4. The second-order valence-corrected chi connectivity index (χ2v) is 12.0. The van der Waals surface area contributed by atoms with Gasteiger partial charge < -0.3 is 15.3 Å². The number of nitrogens with one attached hydrogen (secondary N) is 1. The highest BCUT2D eigenvalue weighted by atomic mass is 32.1. The Morgan fingerprint density at radius 1 is 1.18 bits per heavy atom. The topological polar surface area (TPSA) is 116 Å². The van der Waals surface area contributed by atoms with Crippen LogP contribution in [0.1, 0.15) is 57.1 Å². The number of carboxylic acids is 1. The van der Waals surface area contributed by atoms with Gasteiger partial charge in [0.2, 0.25) is 5.91 Å². The Morgan fingerprint density at radius 3 is 2.65 bits per heavy atom. The molecule has 2 N–H and O–H groups in total. The molecule has 2 aromatic heterocycles. The molecule has 0 spiro atoms. The van der Waals surface area contributed by atoms with Crippen molar-refractivity contribution in [3.63, 3.8) is 0 Å². The van der Waals surface area contributed by atoms with E-state index in [-0.39, 0.29) is 24.4 Å². The van der Waals surface area contributed by atoms with Crippen LogP contribution in [0.4, 0.5) is 15.6 Å². The third kappa shape index (κ3) is 5.45. The first-order chi connectivity index (χ1) is 19.4. The van der Waals surface area contributed by atoms with E-state index in [4.69, 9.17) is 4.98 Å². The van der Waals surface area contributed by atoms with Gasteiger partial charge in [0.25, 0.3) is 0 Å². The van der Waals surface area contributed by atoms with Crippen molar-refractivity contribution in [3.8, 4) is 22.4 Å². The zero-order valence-corrected chi connectivity index (χ0v) is 23.3. The van der Waals surface area contributed by atoms with Gasteiger partial charge in [0.05, 0.1) is 30.0 Å². The van der Waals surface area contributed by atoms with Gasteiger partial charge >= 0.3 is 12.0 Å². The van der Waals surface area contributed by atoms with E-state index < -0.39 is 11.9 Å². The number of amides is 3. The maximum atomic E-state index is 13.9. The van der Waals surface area contributed by atoms with Crippen molar-refractivity contribution in [2.45, 2.75) is 64.0 Å².